The number of nitrogens with zero attached hydrogens (tertiary/aromatic N) is 3. The number of hydrogen-bond acceptors (Lipinski definition) is 7. The Morgan fingerprint density at radius 3 is 2.55 bits per heavy atom. The van der Waals surface area contributed by atoms with E-state index in [9.17, 15) is 15.3 Å². The normalized spacial score (nSPS) is 16.7. The summed E-state index contributed by atoms with van der Waals surface area (Å²) in [5.74, 6) is 0. The fourth-order valence-corrected chi connectivity index (χ4v) is 3.40. The van der Waals surface area contributed by atoms with E-state index in [0.717, 1.165) is 5.39 Å². The predicted molar refractivity (Wildman–Crippen MR) is 113 cm³/mol. The van der Waals surface area contributed by atoms with Crippen LogP contribution >= 0.6 is 11.6 Å². The molecule has 0 amide bonds. The zero-order chi connectivity index (χ0) is 21.8. The highest BCUT2D eigenvalue weighted by molar-refractivity contribution is 6.28. The molecule has 8 nitrogen and oxygen atoms in total. The summed E-state index contributed by atoms with van der Waals surface area (Å²) in [6.07, 6.45) is -0.207. The number of ether oxygens (including phenoxy) is 1. The van der Waals surface area contributed by atoms with Crippen LogP contribution in [0.1, 0.15) is 59.3 Å². The van der Waals surface area contributed by atoms with Crippen molar-refractivity contribution >= 4 is 22.6 Å². The van der Waals surface area contributed by atoms with Crippen molar-refractivity contribution in [2.24, 2.45) is 0 Å². The fourth-order valence-electron chi connectivity index (χ4n) is 3.27. The summed E-state index contributed by atoms with van der Waals surface area (Å²) in [5.41, 5.74) is 0.858. The maximum atomic E-state index is 10.6. The summed E-state index contributed by atoms with van der Waals surface area (Å²) in [7, 11) is 0. The SMILES string of the molecule is CCC(OC(C)(C)C)C(O)NCCn1c(C(O)CC(C)O)cc2cnc(Cl)nc21. The second kappa shape index (κ2) is 10.1. The predicted octanol–water partition coefficient (Wildman–Crippen LogP) is 2.39. The maximum Gasteiger partial charge on any atom is 0.224 e. The lowest BCUT2D eigenvalue weighted by molar-refractivity contribution is -0.120. The Bertz CT molecular complexity index is 791. The van der Waals surface area contributed by atoms with E-state index in [0.29, 0.717) is 30.9 Å². The lowest BCUT2D eigenvalue weighted by Gasteiger charge is -2.30. The molecule has 0 fully saturated rings. The standard InChI is InChI=1S/C20H33ClN4O4/c1-6-16(29-20(3,4)5)18(28)22-7-8-25-14(15(27)9-12(2)26)10-13-11-23-19(21)24-17(13)25/h10-12,15-16,18,22,26-28H,6-9H2,1-5H3. The van der Waals surface area contributed by atoms with Gasteiger partial charge in [0, 0.05) is 36.8 Å². The highest BCUT2D eigenvalue weighted by Crippen LogP contribution is 2.26. The minimum atomic E-state index is -0.861. The van der Waals surface area contributed by atoms with Gasteiger partial charge in [-0.05, 0) is 51.8 Å². The van der Waals surface area contributed by atoms with Crippen LogP contribution in [0.5, 0.6) is 0 Å². The molecule has 164 valence electrons. The summed E-state index contributed by atoms with van der Waals surface area (Å²) in [5, 5.41) is 34.6. The first-order valence-corrected chi connectivity index (χ1v) is 10.4. The van der Waals surface area contributed by atoms with Crippen molar-refractivity contribution in [1.82, 2.24) is 19.9 Å². The van der Waals surface area contributed by atoms with Gasteiger partial charge in [-0.25, -0.2) is 4.98 Å². The van der Waals surface area contributed by atoms with Crippen molar-refractivity contribution in [3.8, 4) is 0 Å². The zero-order valence-electron chi connectivity index (χ0n) is 17.8. The lowest BCUT2D eigenvalue weighted by atomic mass is 10.1. The Labute approximate surface area is 176 Å². The molecule has 0 bridgehead atoms. The number of rotatable bonds is 10. The lowest BCUT2D eigenvalue weighted by Crippen LogP contribution is -2.45. The van der Waals surface area contributed by atoms with E-state index in [4.69, 9.17) is 16.3 Å². The van der Waals surface area contributed by atoms with E-state index in [1.807, 2.05) is 32.3 Å². The molecular weight excluding hydrogens is 396 g/mol. The van der Waals surface area contributed by atoms with Gasteiger partial charge in [-0.1, -0.05) is 6.92 Å². The van der Waals surface area contributed by atoms with Crippen molar-refractivity contribution in [3.63, 3.8) is 0 Å². The molecule has 0 saturated heterocycles. The summed E-state index contributed by atoms with van der Waals surface area (Å²) in [6.45, 7) is 10.3. The molecule has 0 aromatic carbocycles. The molecule has 29 heavy (non-hydrogen) atoms. The first kappa shape index (κ1) is 24.0. The third-order valence-corrected chi connectivity index (χ3v) is 4.67. The van der Waals surface area contributed by atoms with Crippen LogP contribution in [0.3, 0.4) is 0 Å². The molecule has 2 heterocycles. The van der Waals surface area contributed by atoms with Crippen molar-refractivity contribution in [1.29, 1.82) is 0 Å². The Morgan fingerprint density at radius 2 is 1.97 bits per heavy atom. The van der Waals surface area contributed by atoms with Gasteiger partial charge in [0.15, 0.2) is 0 Å². The number of aliphatic hydroxyl groups excluding tert-OH is 3. The molecule has 4 N–H and O–H groups in total. The molecule has 0 aliphatic heterocycles. The Kier molecular flexibility index (Phi) is 8.39. The average Bonchev–Trinajstić information content (AvgIpc) is 2.96. The molecule has 9 heteroatoms. The Hall–Kier alpha value is -1.29. The summed E-state index contributed by atoms with van der Waals surface area (Å²) in [6, 6.07) is 1.80. The van der Waals surface area contributed by atoms with Crippen LogP contribution in [0, 0.1) is 0 Å². The maximum absolute atomic E-state index is 10.6. The van der Waals surface area contributed by atoms with Crippen LogP contribution in [-0.4, -0.2) is 60.4 Å². The second-order valence-corrected chi connectivity index (χ2v) is 8.65. The highest BCUT2D eigenvalue weighted by atomic mass is 35.5. The molecule has 0 aliphatic rings. The van der Waals surface area contributed by atoms with Crippen molar-refractivity contribution in [2.45, 2.75) is 84.1 Å². The third-order valence-electron chi connectivity index (χ3n) is 4.49. The van der Waals surface area contributed by atoms with Gasteiger partial charge in [0.25, 0.3) is 0 Å². The van der Waals surface area contributed by atoms with Gasteiger partial charge < -0.3 is 24.6 Å². The zero-order valence-corrected chi connectivity index (χ0v) is 18.5. The molecule has 4 atom stereocenters. The second-order valence-electron chi connectivity index (χ2n) is 8.32. The van der Waals surface area contributed by atoms with Crippen LogP contribution in [0.4, 0.5) is 0 Å². The van der Waals surface area contributed by atoms with Crippen LogP contribution in [-0.2, 0) is 11.3 Å². The monoisotopic (exact) mass is 428 g/mol. The van der Waals surface area contributed by atoms with E-state index >= 15 is 0 Å². The quantitative estimate of drug-likeness (QED) is 0.339. The summed E-state index contributed by atoms with van der Waals surface area (Å²) >= 11 is 5.96. The van der Waals surface area contributed by atoms with E-state index in [1.165, 1.54) is 0 Å². The van der Waals surface area contributed by atoms with E-state index in [-0.39, 0.29) is 23.4 Å². The summed E-state index contributed by atoms with van der Waals surface area (Å²) in [4.78, 5) is 8.28. The molecule has 2 rings (SSSR count). The minimum Gasteiger partial charge on any atom is -0.393 e. The summed E-state index contributed by atoms with van der Waals surface area (Å²) < 4.78 is 7.74. The molecule has 2 aromatic rings. The fraction of sp³-hybridized carbons (Fsp3) is 0.700. The van der Waals surface area contributed by atoms with Gasteiger partial charge in [0.2, 0.25) is 5.28 Å². The van der Waals surface area contributed by atoms with Gasteiger partial charge in [-0.2, -0.15) is 4.98 Å². The van der Waals surface area contributed by atoms with Crippen molar-refractivity contribution in [2.75, 3.05) is 6.54 Å². The topological polar surface area (TPSA) is 113 Å². The Morgan fingerprint density at radius 1 is 1.28 bits per heavy atom. The first-order chi connectivity index (χ1) is 13.5. The van der Waals surface area contributed by atoms with Gasteiger partial charge in [-0.15, -0.1) is 0 Å². The van der Waals surface area contributed by atoms with E-state index in [2.05, 4.69) is 15.3 Å². The number of aromatic nitrogens is 3. The molecule has 0 aliphatic carbocycles. The van der Waals surface area contributed by atoms with Gasteiger partial charge in [0.1, 0.15) is 11.9 Å². The molecular formula is C20H33ClN4O4. The van der Waals surface area contributed by atoms with Crippen LogP contribution in [0.15, 0.2) is 12.3 Å². The number of nitrogens with one attached hydrogen (secondary N) is 1. The molecule has 0 saturated carbocycles. The van der Waals surface area contributed by atoms with Crippen LogP contribution in [0.25, 0.3) is 11.0 Å². The molecule has 4 unspecified atom stereocenters. The highest BCUT2D eigenvalue weighted by Gasteiger charge is 2.24. The van der Waals surface area contributed by atoms with Crippen molar-refractivity contribution in [3.05, 3.63) is 23.2 Å². The van der Waals surface area contributed by atoms with Gasteiger partial charge >= 0.3 is 0 Å². The molecule has 0 spiro atoms. The van der Waals surface area contributed by atoms with Gasteiger partial charge in [-0.3, -0.25) is 5.32 Å². The van der Waals surface area contributed by atoms with Crippen LogP contribution in [0.2, 0.25) is 5.28 Å². The number of hydrogen-bond donors (Lipinski definition) is 4. The largest absolute Gasteiger partial charge is 0.393 e. The molecule has 0 radical (unpaired) electrons. The molecule has 2 aromatic heterocycles. The van der Waals surface area contributed by atoms with Crippen molar-refractivity contribution < 1.29 is 20.1 Å². The van der Waals surface area contributed by atoms with Crippen LogP contribution < -0.4 is 5.32 Å². The number of aliphatic hydroxyl groups is 3. The first-order valence-electron chi connectivity index (χ1n) is 9.99. The Balaban J connectivity index is 2.16. The number of halogens is 1. The third kappa shape index (κ3) is 6.87. The minimum absolute atomic E-state index is 0.117. The van der Waals surface area contributed by atoms with E-state index < -0.39 is 18.4 Å². The smallest absolute Gasteiger partial charge is 0.224 e. The van der Waals surface area contributed by atoms with Gasteiger partial charge in [0.05, 0.1) is 23.9 Å². The number of fused-ring (bicyclic) bond motifs is 1. The average molecular weight is 429 g/mol. The van der Waals surface area contributed by atoms with E-state index in [1.54, 1.807) is 19.2 Å².